The first kappa shape index (κ1) is 16.9. The summed E-state index contributed by atoms with van der Waals surface area (Å²) in [5.41, 5.74) is 15.2. The van der Waals surface area contributed by atoms with Crippen LogP contribution in [0.2, 0.25) is 0 Å². The Kier molecular flexibility index (Phi) is 5.32. The van der Waals surface area contributed by atoms with E-state index in [2.05, 4.69) is 68.7 Å². The van der Waals surface area contributed by atoms with Crippen molar-refractivity contribution in [3.8, 4) is 0 Å². The Hall–Kier alpha value is -2.42. The maximum atomic E-state index is 6.31. The number of allylic oxidation sites excluding steroid dienone is 1. The molecule has 0 radical (unpaired) electrons. The molecule has 0 saturated carbocycles. The van der Waals surface area contributed by atoms with E-state index in [1.165, 1.54) is 16.7 Å². The topological polar surface area (TPSA) is 50.1 Å². The molecule has 4 N–H and O–H groups in total. The molecular weight excluding hydrogens is 282 g/mol. The lowest BCUT2D eigenvalue weighted by Gasteiger charge is -2.17. The van der Waals surface area contributed by atoms with Crippen molar-refractivity contribution in [1.82, 2.24) is 5.32 Å². The Morgan fingerprint density at radius 3 is 2.26 bits per heavy atom. The van der Waals surface area contributed by atoms with E-state index in [-0.39, 0.29) is 0 Å². The first-order valence-electron chi connectivity index (χ1n) is 8.08. The molecule has 2 rings (SSSR count). The van der Waals surface area contributed by atoms with Gasteiger partial charge in [0, 0.05) is 35.4 Å². The number of rotatable bonds is 5. The lowest BCUT2D eigenvalue weighted by Crippen LogP contribution is -2.09. The average molecular weight is 309 g/mol. The van der Waals surface area contributed by atoms with Crippen LogP contribution in [0.25, 0.3) is 5.70 Å². The number of hydrogen-bond donors (Lipinski definition) is 3. The molecule has 0 unspecified atom stereocenters. The van der Waals surface area contributed by atoms with Crippen molar-refractivity contribution < 1.29 is 0 Å². The number of benzene rings is 2. The highest BCUT2D eigenvalue weighted by atomic mass is 14.9. The first-order valence-corrected chi connectivity index (χ1v) is 8.08. The lowest BCUT2D eigenvalue weighted by atomic mass is 10.0. The van der Waals surface area contributed by atoms with Crippen LogP contribution in [0, 0.1) is 13.8 Å². The van der Waals surface area contributed by atoms with Gasteiger partial charge in [-0.15, -0.1) is 0 Å². The molecule has 0 saturated heterocycles. The number of anilines is 3. The molecule has 0 bridgehead atoms. The van der Waals surface area contributed by atoms with Crippen molar-refractivity contribution in [3.63, 3.8) is 0 Å². The van der Waals surface area contributed by atoms with Gasteiger partial charge in [0.05, 0.1) is 0 Å². The Bertz CT molecular complexity index is 709. The molecule has 122 valence electrons. The Labute approximate surface area is 139 Å². The molecule has 0 aromatic heterocycles. The molecule has 2 aromatic rings. The summed E-state index contributed by atoms with van der Waals surface area (Å²) in [7, 11) is 1.94. The van der Waals surface area contributed by atoms with E-state index in [1.54, 1.807) is 0 Å². The van der Waals surface area contributed by atoms with E-state index in [0.717, 1.165) is 34.7 Å². The summed E-state index contributed by atoms with van der Waals surface area (Å²) in [5, 5.41) is 6.77. The van der Waals surface area contributed by atoms with E-state index in [9.17, 15) is 0 Å². The number of para-hydroxylation sites is 1. The third-order valence-corrected chi connectivity index (χ3v) is 4.28. The predicted octanol–water partition coefficient (Wildman–Crippen LogP) is 4.99. The number of aryl methyl sites for hydroxylation is 2. The van der Waals surface area contributed by atoms with Crippen LogP contribution in [0.15, 0.2) is 42.0 Å². The highest BCUT2D eigenvalue weighted by Gasteiger charge is 2.09. The summed E-state index contributed by atoms with van der Waals surface area (Å²) >= 11 is 0. The zero-order valence-corrected chi connectivity index (χ0v) is 14.7. The first-order chi connectivity index (χ1) is 11.0. The SMILES string of the molecule is CC/C(C)=C(\NC)c1ccc(Nc2c(C)cccc2C)cc1N. The van der Waals surface area contributed by atoms with Gasteiger partial charge in [0.15, 0.2) is 0 Å². The van der Waals surface area contributed by atoms with Crippen LogP contribution in [0.3, 0.4) is 0 Å². The van der Waals surface area contributed by atoms with Crippen molar-refractivity contribution in [2.24, 2.45) is 0 Å². The van der Waals surface area contributed by atoms with E-state index in [0.29, 0.717) is 0 Å². The Balaban J connectivity index is 2.37. The van der Waals surface area contributed by atoms with Gasteiger partial charge in [-0.1, -0.05) is 25.1 Å². The summed E-state index contributed by atoms with van der Waals surface area (Å²) in [5.74, 6) is 0. The van der Waals surface area contributed by atoms with Gasteiger partial charge in [0.25, 0.3) is 0 Å². The van der Waals surface area contributed by atoms with Gasteiger partial charge in [-0.05, 0) is 62.1 Å². The van der Waals surface area contributed by atoms with Crippen molar-refractivity contribution in [2.75, 3.05) is 18.1 Å². The maximum absolute atomic E-state index is 6.31. The van der Waals surface area contributed by atoms with Crippen LogP contribution in [0.1, 0.15) is 37.0 Å². The molecule has 3 heteroatoms. The summed E-state index contributed by atoms with van der Waals surface area (Å²) in [4.78, 5) is 0. The molecule has 3 nitrogen and oxygen atoms in total. The van der Waals surface area contributed by atoms with Gasteiger partial charge < -0.3 is 16.4 Å². The number of nitrogens with two attached hydrogens (primary N) is 1. The van der Waals surface area contributed by atoms with Gasteiger partial charge in [0.1, 0.15) is 0 Å². The van der Waals surface area contributed by atoms with Gasteiger partial charge in [0.2, 0.25) is 0 Å². The van der Waals surface area contributed by atoms with Crippen molar-refractivity contribution in [2.45, 2.75) is 34.1 Å². The maximum Gasteiger partial charge on any atom is 0.0443 e. The third-order valence-electron chi connectivity index (χ3n) is 4.28. The number of hydrogen-bond acceptors (Lipinski definition) is 3. The quantitative estimate of drug-likeness (QED) is 0.682. The van der Waals surface area contributed by atoms with Gasteiger partial charge in [-0.2, -0.15) is 0 Å². The fraction of sp³-hybridized carbons (Fsp3) is 0.300. The van der Waals surface area contributed by atoms with Crippen LogP contribution in [0.4, 0.5) is 17.1 Å². The molecule has 2 aromatic carbocycles. The largest absolute Gasteiger partial charge is 0.398 e. The minimum absolute atomic E-state index is 0.776. The van der Waals surface area contributed by atoms with Crippen LogP contribution in [0.5, 0.6) is 0 Å². The standard InChI is InChI=1S/C20H27N3/c1-6-13(2)20(22-5)17-11-10-16(12-18(17)21)23-19-14(3)8-7-9-15(19)4/h7-12,22-23H,6,21H2,1-5H3/b20-13-. The van der Waals surface area contributed by atoms with E-state index >= 15 is 0 Å². The van der Waals surface area contributed by atoms with Crippen molar-refractivity contribution >= 4 is 22.8 Å². The van der Waals surface area contributed by atoms with Crippen LogP contribution in [-0.4, -0.2) is 7.05 Å². The van der Waals surface area contributed by atoms with E-state index in [4.69, 9.17) is 5.73 Å². The Morgan fingerprint density at radius 2 is 1.74 bits per heavy atom. The van der Waals surface area contributed by atoms with Crippen LogP contribution < -0.4 is 16.4 Å². The predicted molar refractivity (Wildman–Crippen MR) is 102 cm³/mol. The van der Waals surface area contributed by atoms with Gasteiger partial charge in [-0.25, -0.2) is 0 Å². The van der Waals surface area contributed by atoms with Gasteiger partial charge in [-0.3, -0.25) is 0 Å². The summed E-state index contributed by atoms with van der Waals surface area (Å²) in [6.45, 7) is 8.51. The minimum Gasteiger partial charge on any atom is -0.398 e. The zero-order chi connectivity index (χ0) is 17.0. The molecule has 0 aliphatic carbocycles. The monoisotopic (exact) mass is 309 g/mol. The molecule has 0 heterocycles. The second-order valence-electron chi connectivity index (χ2n) is 5.95. The number of nitrogen functional groups attached to an aromatic ring is 1. The highest BCUT2D eigenvalue weighted by molar-refractivity contribution is 5.79. The smallest absolute Gasteiger partial charge is 0.0443 e. The fourth-order valence-electron chi connectivity index (χ4n) is 2.78. The highest BCUT2D eigenvalue weighted by Crippen LogP contribution is 2.29. The van der Waals surface area contributed by atoms with Crippen LogP contribution >= 0.6 is 0 Å². The minimum atomic E-state index is 0.776. The van der Waals surface area contributed by atoms with Crippen molar-refractivity contribution in [3.05, 3.63) is 58.7 Å². The molecule has 0 spiro atoms. The molecular formula is C20H27N3. The average Bonchev–Trinajstić information content (AvgIpc) is 2.53. The molecule has 0 amide bonds. The molecule has 23 heavy (non-hydrogen) atoms. The summed E-state index contributed by atoms with van der Waals surface area (Å²) in [6.07, 6.45) is 0.998. The summed E-state index contributed by atoms with van der Waals surface area (Å²) in [6, 6.07) is 12.5. The lowest BCUT2D eigenvalue weighted by molar-refractivity contribution is 1.03. The van der Waals surface area contributed by atoms with Crippen molar-refractivity contribution in [1.29, 1.82) is 0 Å². The van der Waals surface area contributed by atoms with E-state index < -0.39 is 0 Å². The molecule has 0 atom stereocenters. The second kappa shape index (κ2) is 7.23. The molecule has 0 fully saturated rings. The summed E-state index contributed by atoms with van der Waals surface area (Å²) < 4.78 is 0. The Morgan fingerprint density at radius 1 is 1.09 bits per heavy atom. The van der Waals surface area contributed by atoms with E-state index in [1.807, 2.05) is 13.1 Å². The third kappa shape index (κ3) is 3.67. The fourth-order valence-corrected chi connectivity index (χ4v) is 2.78. The molecule has 0 aliphatic heterocycles. The second-order valence-corrected chi connectivity index (χ2v) is 5.95. The molecule has 0 aliphatic rings. The van der Waals surface area contributed by atoms with Gasteiger partial charge >= 0.3 is 0 Å². The normalized spacial score (nSPS) is 11.9. The zero-order valence-electron chi connectivity index (χ0n) is 14.7. The number of nitrogens with one attached hydrogen (secondary N) is 2. The van der Waals surface area contributed by atoms with Crippen LogP contribution in [-0.2, 0) is 0 Å².